The Kier molecular flexibility index (Phi) is 3.38. The van der Waals surface area contributed by atoms with Crippen molar-refractivity contribution in [3.63, 3.8) is 0 Å². The monoisotopic (exact) mass is 273 g/mol. The van der Waals surface area contributed by atoms with Gasteiger partial charge in [-0.2, -0.15) is 0 Å². The Bertz CT molecular complexity index is 515. The first-order valence-electron chi connectivity index (χ1n) is 4.19. The number of nitrogens with zero attached hydrogens (tertiary/aromatic N) is 2. The molecule has 0 spiro atoms. The van der Waals surface area contributed by atoms with Crippen LogP contribution in [0.25, 0.3) is 0 Å². The van der Waals surface area contributed by atoms with E-state index in [1.54, 1.807) is 12.1 Å². The van der Waals surface area contributed by atoms with Gasteiger partial charge in [0.05, 0.1) is 10.6 Å². The Morgan fingerprint density at radius 1 is 1.38 bits per heavy atom. The molecule has 1 amide bonds. The number of benzene rings is 1. The Morgan fingerprint density at radius 2 is 2.19 bits per heavy atom. The smallest absolute Gasteiger partial charge is 0.259 e. The number of anilines is 1. The Hall–Kier alpha value is -1.17. The molecule has 1 N–H and O–H groups in total. The first-order valence-corrected chi connectivity index (χ1v) is 5.83. The van der Waals surface area contributed by atoms with Crippen molar-refractivity contribution in [2.45, 2.75) is 0 Å². The molecular formula is C9H5Cl2N3OS. The van der Waals surface area contributed by atoms with Crippen LogP contribution >= 0.6 is 34.5 Å². The molecular weight excluding hydrogens is 269 g/mol. The maximum absolute atomic E-state index is 11.8. The fraction of sp³-hybridized carbons (Fsp3) is 0. The molecule has 0 saturated carbocycles. The average Bonchev–Trinajstić information content (AvgIpc) is 2.74. The summed E-state index contributed by atoms with van der Waals surface area (Å²) in [4.78, 5) is 11.8. The maximum atomic E-state index is 11.8. The molecule has 0 aliphatic heterocycles. The highest BCUT2D eigenvalue weighted by Crippen LogP contribution is 2.22. The molecule has 82 valence electrons. The molecule has 0 unspecified atom stereocenters. The van der Waals surface area contributed by atoms with Gasteiger partial charge in [0.25, 0.3) is 5.91 Å². The third kappa shape index (κ3) is 2.49. The average molecular weight is 274 g/mol. The van der Waals surface area contributed by atoms with Gasteiger partial charge in [-0.05, 0) is 18.2 Å². The van der Waals surface area contributed by atoms with Gasteiger partial charge in [-0.25, -0.2) is 0 Å². The molecule has 4 nitrogen and oxygen atoms in total. The second-order valence-electron chi connectivity index (χ2n) is 2.82. The zero-order valence-corrected chi connectivity index (χ0v) is 10.1. The molecule has 2 aromatic rings. The van der Waals surface area contributed by atoms with Crippen LogP contribution in [0.1, 0.15) is 10.4 Å². The van der Waals surface area contributed by atoms with Crippen molar-refractivity contribution < 1.29 is 4.79 Å². The Labute approximate surface area is 105 Å². The summed E-state index contributed by atoms with van der Waals surface area (Å²) in [6, 6.07) is 4.69. The van der Waals surface area contributed by atoms with Crippen LogP contribution in [0.15, 0.2) is 23.7 Å². The number of rotatable bonds is 2. The molecule has 1 aromatic heterocycles. The van der Waals surface area contributed by atoms with Gasteiger partial charge >= 0.3 is 0 Å². The third-order valence-corrected chi connectivity index (χ3v) is 2.92. The van der Waals surface area contributed by atoms with E-state index < -0.39 is 0 Å². The summed E-state index contributed by atoms with van der Waals surface area (Å²) in [5.41, 5.74) is 1.83. The van der Waals surface area contributed by atoms with Crippen molar-refractivity contribution in [1.29, 1.82) is 0 Å². The van der Waals surface area contributed by atoms with Gasteiger partial charge < -0.3 is 0 Å². The molecule has 0 atom stereocenters. The Balaban J connectivity index is 2.24. The second kappa shape index (κ2) is 4.78. The topological polar surface area (TPSA) is 54.9 Å². The van der Waals surface area contributed by atoms with E-state index in [0.29, 0.717) is 20.7 Å². The lowest BCUT2D eigenvalue weighted by Gasteiger charge is -2.03. The van der Waals surface area contributed by atoms with Crippen molar-refractivity contribution in [1.82, 2.24) is 10.2 Å². The number of carbonyl (C=O) groups excluding carboxylic acids is 1. The summed E-state index contributed by atoms with van der Waals surface area (Å²) in [5, 5.41) is 11.1. The highest BCUT2D eigenvalue weighted by atomic mass is 35.5. The van der Waals surface area contributed by atoms with Crippen LogP contribution in [0.2, 0.25) is 10.0 Å². The highest BCUT2D eigenvalue weighted by molar-refractivity contribution is 7.13. The van der Waals surface area contributed by atoms with E-state index in [0.717, 1.165) is 0 Å². The summed E-state index contributed by atoms with van der Waals surface area (Å²) >= 11 is 12.9. The Morgan fingerprint density at radius 3 is 2.88 bits per heavy atom. The normalized spacial score (nSPS) is 10.1. The number of nitrogens with one attached hydrogen (secondary N) is 1. The summed E-state index contributed by atoms with van der Waals surface area (Å²) in [6.07, 6.45) is 0. The summed E-state index contributed by atoms with van der Waals surface area (Å²) in [6.45, 7) is 0. The molecule has 16 heavy (non-hydrogen) atoms. The van der Waals surface area contributed by atoms with Gasteiger partial charge in [0.2, 0.25) is 5.13 Å². The van der Waals surface area contributed by atoms with E-state index in [4.69, 9.17) is 23.2 Å². The van der Waals surface area contributed by atoms with E-state index in [2.05, 4.69) is 15.5 Å². The van der Waals surface area contributed by atoms with Gasteiger partial charge in [0.1, 0.15) is 5.51 Å². The lowest BCUT2D eigenvalue weighted by molar-refractivity contribution is 0.102. The van der Waals surface area contributed by atoms with Gasteiger partial charge in [-0.1, -0.05) is 34.5 Å². The van der Waals surface area contributed by atoms with Crippen LogP contribution < -0.4 is 5.32 Å². The number of aromatic nitrogens is 2. The van der Waals surface area contributed by atoms with Crippen molar-refractivity contribution in [2.24, 2.45) is 0 Å². The first-order chi connectivity index (χ1) is 7.66. The van der Waals surface area contributed by atoms with Crippen molar-refractivity contribution in [2.75, 3.05) is 5.32 Å². The predicted octanol–water partition coefficient (Wildman–Crippen LogP) is 3.10. The third-order valence-electron chi connectivity index (χ3n) is 1.75. The molecule has 2 rings (SSSR count). The molecule has 0 aliphatic carbocycles. The largest absolute Gasteiger partial charge is 0.296 e. The van der Waals surface area contributed by atoms with E-state index in [-0.39, 0.29) is 5.91 Å². The fourth-order valence-electron chi connectivity index (χ4n) is 1.06. The zero-order chi connectivity index (χ0) is 11.5. The quantitative estimate of drug-likeness (QED) is 0.915. The maximum Gasteiger partial charge on any atom is 0.259 e. The van der Waals surface area contributed by atoms with Crippen LogP contribution in [0.4, 0.5) is 5.13 Å². The highest BCUT2D eigenvalue weighted by Gasteiger charge is 2.12. The van der Waals surface area contributed by atoms with E-state index in [1.807, 2.05) is 0 Å². The minimum atomic E-state index is -0.357. The van der Waals surface area contributed by atoms with E-state index in [1.165, 1.54) is 22.9 Å². The molecule has 0 fully saturated rings. The molecule has 0 radical (unpaired) electrons. The summed E-state index contributed by atoms with van der Waals surface area (Å²) in [7, 11) is 0. The van der Waals surface area contributed by atoms with Crippen molar-refractivity contribution in [3.8, 4) is 0 Å². The van der Waals surface area contributed by atoms with Crippen LogP contribution in [0.3, 0.4) is 0 Å². The summed E-state index contributed by atoms with van der Waals surface area (Å²) in [5.74, 6) is -0.357. The van der Waals surface area contributed by atoms with Crippen LogP contribution in [0, 0.1) is 0 Å². The second-order valence-corrected chi connectivity index (χ2v) is 4.50. The summed E-state index contributed by atoms with van der Waals surface area (Å²) < 4.78 is 0. The molecule has 0 bridgehead atoms. The van der Waals surface area contributed by atoms with Crippen molar-refractivity contribution >= 4 is 45.6 Å². The zero-order valence-electron chi connectivity index (χ0n) is 7.78. The number of amides is 1. The van der Waals surface area contributed by atoms with Crippen molar-refractivity contribution in [3.05, 3.63) is 39.3 Å². The van der Waals surface area contributed by atoms with Gasteiger partial charge in [-0.3, -0.25) is 10.1 Å². The fourth-order valence-corrected chi connectivity index (χ4v) is 1.88. The van der Waals surface area contributed by atoms with E-state index in [9.17, 15) is 4.79 Å². The minimum Gasteiger partial charge on any atom is -0.296 e. The number of hydrogen-bond acceptors (Lipinski definition) is 4. The van der Waals surface area contributed by atoms with E-state index >= 15 is 0 Å². The van der Waals surface area contributed by atoms with Gasteiger partial charge in [0.15, 0.2) is 0 Å². The van der Waals surface area contributed by atoms with Gasteiger partial charge in [-0.15, -0.1) is 10.2 Å². The number of carbonyl (C=O) groups is 1. The van der Waals surface area contributed by atoms with Crippen LogP contribution in [0.5, 0.6) is 0 Å². The first kappa shape index (κ1) is 11.3. The minimum absolute atomic E-state index is 0.310. The van der Waals surface area contributed by atoms with Crippen LogP contribution in [-0.4, -0.2) is 16.1 Å². The van der Waals surface area contributed by atoms with Gasteiger partial charge in [0, 0.05) is 5.02 Å². The molecule has 0 aliphatic rings. The number of hydrogen-bond donors (Lipinski definition) is 1. The predicted molar refractivity (Wildman–Crippen MR) is 64.3 cm³/mol. The van der Waals surface area contributed by atoms with Crippen LogP contribution in [-0.2, 0) is 0 Å². The number of halogens is 2. The SMILES string of the molecule is O=C(Nc1nncs1)c1cc(Cl)ccc1Cl. The molecule has 1 aromatic carbocycles. The molecule has 7 heteroatoms. The molecule has 0 saturated heterocycles. The standard InChI is InChI=1S/C9H5Cl2N3OS/c10-5-1-2-7(11)6(3-5)8(15)13-9-14-12-4-16-9/h1-4H,(H,13,14,15). The lowest BCUT2D eigenvalue weighted by Crippen LogP contribution is -2.12. The molecule has 1 heterocycles. The lowest BCUT2D eigenvalue weighted by atomic mass is 10.2.